The summed E-state index contributed by atoms with van der Waals surface area (Å²) in [5.74, 6) is -0.0188. The molecule has 1 aromatic rings. The third kappa shape index (κ3) is 2.73. The molecule has 1 atom stereocenters. The van der Waals surface area contributed by atoms with Crippen LogP contribution in [0.4, 0.5) is 0 Å². The van der Waals surface area contributed by atoms with Crippen LogP contribution in [0, 0.1) is 0 Å². The van der Waals surface area contributed by atoms with Gasteiger partial charge in [0, 0.05) is 0 Å². The van der Waals surface area contributed by atoms with Crippen LogP contribution < -0.4 is 0 Å². The quantitative estimate of drug-likeness (QED) is 0.621. The molecule has 0 spiro atoms. The van der Waals surface area contributed by atoms with Crippen molar-refractivity contribution in [2.45, 2.75) is 18.6 Å². The Morgan fingerprint density at radius 1 is 1.47 bits per heavy atom. The monoisotopic (exact) mass is 264 g/mol. The van der Waals surface area contributed by atoms with Gasteiger partial charge >= 0.3 is 0 Å². The second-order valence-electron chi connectivity index (χ2n) is 3.59. The fraction of sp³-hybridized carbons (Fsp3) is 0.250. The summed E-state index contributed by atoms with van der Waals surface area (Å²) < 4.78 is 0.536. The van der Waals surface area contributed by atoms with Crippen LogP contribution in [-0.4, -0.2) is 26.7 Å². The lowest BCUT2D eigenvalue weighted by molar-refractivity contribution is -0.126. The molecule has 1 saturated heterocycles. The third-order valence-corrected chi connectivity index (χ3v) is 4.05. The SMILES string of the molecule is CCC1SC(=S)N(N=Cc2ccccc2)C1=O. The second-order valence-corrected chi connectivity index (χ2v) is 5.42. The van der Waals surface area contributed by atoms with Crippen LogP contribution in [0.15, 0.2) is 35.4 Å². The summed E-state index contributed by atoms with van der Waals surface area (Å²) in [6, 6.07) is 9.64. The Labute approximate surface area is 110 Å². The third-order valence-electron chi connectivity index (χ3n) is 2.39. The molecule has 5 heteroatoms. The van der Waals surface area contributed by atoms with E-state index < -0.39 is 0 Å². The summed E-state index contributed by atoms with van der Waals surface area (Å²) in [5.41, 5.74) is 0.952. The van der Waals surface area contributed by atoms with Crippen LogP contribution in [0.1, 0.15) is 18.9 Å². The maximum Gasteiger partial charge on any atom is 0.262 e. The van der Waals surface area contributed by atoms with Crippen molar-refractivity contribution < 1.29 is 4.79 Å². The molecule has 0 aromatic heterocycles. The van der Waals surface area contributed by atoms with Crippen molar-refractivity contribution in [1.29, 1.82) is 0 Å². The molecule has 0 aliphatic carbocycles. The van der Waals surface area contributed by atoms with E-state index in [-0.39, 0.29) is 11.2 Å². The van der Waals surface area contributed by atoms with Gasteiger partial charge in [-0.1, -0.05) is 61.2 Å². The molecule has 0 radical (unpaired) electrons. The molecule has 1 aromatic carbocycles. The van der Waals surface area contributed by atoms with Crippen molar-refractivity contribution in [2.24, 2.45) is 5.10 Å². The summed E-state index contributed by atoms with van der Waals surface area (Å²) >= 11 is 6.54. The number of hydrogen-bond acceptors (Lipinski definition) is 4. The van der Waals surface area contributed by atoms with Crippen molar-refractivity contribution in [2.75, 3.05) is 0 Å². The molecule has 0 N–H and O–H groups in total. The van der Waals surface area contributed by atoms with Crippen molar-refractivity contribution in [3.05, 3.63) is 35.9 Å². The van der Waals surface area contributed by atoms with Gasteiger partial charge in [0.25, 0.3) is 5.91 Å². The van der Waals surface area contributed by atoms with Gasteiger partial charge in [0.2, 0.25) is 0 Å². The molecule has 1 aliphatic heterocycles. The highest BCUT2D eigenvalue weighted by Gasteiger charge is 2.35. The van der Waals surface area contributed by atoms with Gasteiger partial charge in [-0.3, -0.25) is 4.79 Å². The first-order chi connectivity index (χ1) is 8.22. The molecule has 1 aliphatic rings. The van der Waals surface area contributed by atoms with Gasteiger partial charge < -0.3 is 0 Å². The zero-order valence-corrected chi connectivity index (χ0v) is 11.0. The number of amides is 1. The molecule has 1 heterocycles. The van der Waals surface area contributed by atoms with E-state index in [1.165, 1.54) is 16.8 Å². The largest absolute Gasteiger partial charge is 0.271 e. The van der Waals surface area contributed by atoms with Gasteiger partial charge in [0.15, 0.2) is 4.32 Å². The normalized spacial score (nSPS) is 20.5. The Hall–Kier alpha value is -1.20. The van der Waals surface area contributed by atoms with E-state index in [2.05, 4.69) is 5.10 Å². The lowest BCUT2D eigenvalue weighted by Gasteiger charge is -2.07. The van der Waals surface area contributed by atoms with Crippen LogP contribution in [0.5, 0.6) is 0 Å². The maximum absolute atomic E-state index is 11.9. The molecule has 0 bridgehead atoms. The molecule has 17 heavy (non-hydrogen) atoms. The minimum absolute atomic E-state index is 0.0188. The van der Waals surface area contributed by atoms with E-state index in [9.17, 15) is 4.79 Å². The first-order valence-electron chi connectivity index (χ1n) is 5.36. The Morgan fingerprint density at radius 3 is 2.76 bits per heavy atom. The van der Waals surface area contributed by atoms with Crippen LogP contribution in [-0.2, 0) is 4.79 Å². The first-order valence-corrected chi connectivity index (χ1v) is 6.64. The average Bonchev–Trinajstić information content (AvgIpc) is 2.63. The molecule has 1 fully saturated rings. The van der Waals surface area contributed by atoms with Crippen molar-refractivity contribution in [3.63, 3.8) is 0 Å². The van der Waals surface area contributed by atoms with Gasteiger partial charge in [-0.2, -0.15) is 10.1 Å². The topological polar surface area (TPSA) is 32.7 Å². The Kier molecular flexibility index (Phi) is 3.91. The van der Waals surface area contributed by atoms with E-state index >= 15 is 0 Å². The minimum Gasteiger partial charge on any atom is -0.271 e. The fourth-order valence-electron chi connectivity index (χ4n) is 1.47. The molecular weight excluding hydrogens is 252 g/mol. The van der Waals surface area contributed by atoms with Crippen molar-refractivity contribution in [1.82, 2.24) is 5.01 Å². The maximum atomic E-state index is 11.9. The summed E-state index contributed by atoms with van der Waals surface area (Å²) in [6.07, 6.45) is 2.43. The fourth-order valence-corrected chi connectivity index (χ4v) is 2.81. The number of rotatable bonds is 3. The van der Waals surface area contributed by atoms with E-state index in [0.29, 0.717) is 4.32 Å². The van der Waals surface area contributed by atoms with Gasteiger partial charge in [-0.05, 0) is 12.0 Å². The molecular formula is C12H12N2OS2. The zero-order valence-electron chi connectivity index (χ0n) is 9.37. The van der Waals surface area contributed by atoms with E-state index in [4.69, 9.17) is 12.2 Å². The molecule has 2 rings (SSSR count). The van der Waals surface area contributed by atoms with Crippen LogP contribution in [0.25, 0.3) is 0 Å². The molecule has 88 valence electrons. The zero-order chi connectivity index (χ0) is 12.3. The summed E-state index contributed by atoms with van der Waals surface area (Å²) in [5, 5.41) is 5.40. The predicted octanol–water partition coefficient (Wildman–Crippen LogP) is 2.66. The lowest BCUT2D eigenvalue weighted by atomic mass is 10.2. The van der Waals surface area contributed by atoms with Gasteiger partial charge in [0.05, 0.1) is 11.5 Å². The second kappa shape index (κ2) is 5.42. The Balaban J connectivity index is 2.12. The molecule has 1 unspecified atom stereocenters. The van der Waals surface area contributed by atoms with Crippen molar-refractivity contribution >= 4 is 40.4 Å². The Morgan fingerprint density at radius 2 is 2.18 bits per heavy atom. The minimum atomic E-state index is -0.0737. The van der Waals surface area contributed by atoms with E-state index in [1.807, 2.05) is 37.3 Å². The number of nitrogens with zero attached hydrogens (tertiary/aromatic N) is 2. The number of carbonyl (C=O) groups excluding carboxylic acids is 1. The summed E-state index contributed by atoms with van der Waals surface area (Å²) in [4.78, 5) is 11.9. The predicted molar refractivity (Wildman–Crippen MR) is 75.2 cm³/mol. The number of hydrazone groups is 1. The van der Waals surface area contributed by atoms with Gasteiger partial charge in [-0.15, -0.1) is 0 Å². The summed E-state index contributed by atoms with van der Waals surface area (Å²) in [6.45, 7) is 1.97. The van der Waals surface area contributed by atoms with E-state index in [0.717, 1.165) is 12.0 Å². The summed E-state index contributed by atoms with van der Waals surface area (Å²) in [7, 11) is 0. The molecule has 1 amide bonds. The smallest absolute Gasteiger partial charge is 0.262 e. The number of benzene rings is 1. The van der Waals surface area contributed by atoms with E-state index in [1.54, 1.807) is 6.21 Å². The highest BCUT2D eigenvalue weighted by Crippen LogP contribution is 2.29. The first kappa shape index (κ1) is 12.3. The lowest BCUT2D eigenvalue weighted by Crippen LogP contribution is -2.26. The number of thiocarbonyl (C=S) groups is 1. The van der Waals surface area contributed by atoms with Crippen molar-refractivity contribution in [3.8, 4) is 0 Å². The number of thioether (sulfide) groups is 1. The van der Waals surface area contributed by atoms with Crippen LogP contribution in [0.2, 0.25) is 0 Å². The number of carbonyl (C=O) groups is 1. The molecule has 0 saturated carbocycles. The highest BCUT2D eigenvalue weighted by atomic mass is 32.2. The number of hydrogen-bond donors (Lipinski definition) is 0. The Bertz CT molecular complexity index is 459. The van der Waals surface area contributed by atoms with Crippen LogP contribution in [0.3, 0.4) is 0 Å². The average molecular weight is 264 g/mol. The standard InChI is InChI=1S/C12H12N2OS2/c1-2-10-11(15)14(12(16)17-10)13-8-9-6-4-3-5-7-9/h3-8,10H,2H2,1H3. The van der Waals surface area contributed by atoms with Gasteiger partial charge in [-0.25, -0.2) is 0 Å². The van der Waals surface area contributed by atoms with Crippen LogP contribution >= 0.6 is 24.0 Å². The highest BCUT2D eigenvalue weighted by molar-refractivity contribution is 8.24. The molecule has 3 nitrogen and oxygen atoms in total. The van der Waals surface area contributed by atoms with Gasteiger partial charge in [0.1, 0.15) is 0 Å².